The van der Waals surface area contributed by atoms with Crippen molar-refractivity contribution in [2.24, 2.45) is 0 Å². The summed E-state index contributed by atoms with van der Waals surface area (Å²) in [7, 11) is 0. The van der Waals surface area contributed by atoms with Crippen LogP contribution >= 0.6 is 0 Å². The summed E-state index contributed by atoms with van der Waals surface area (Å²) < 4.78 is 3.51. The summed E-state index contributed by atoms with van der Waals surface area (Å²) in [5, 5.41) is 4.15. The number of hydrogen-bond donors (Lipinski definition) is 0. The van der Waals surface area contributed by atoms with Gasteiger partial charge in [0.15, 0.2) is 0 Å². The number of aryl methyl sites for hydroxylation is 1. The minimum atomic E-state index is -0.178. The first-order valence-electron chi connectivity index (χ1n) is 3.09. The van der Waals surface area contributed by atoms with E-state index in [0.29, 0.717) is 0 Å². The van der Waals surface area contributed by atoms with Gasteiger partial charge in [-0.1, -0.05) is 0 Å². The summed E-state index contributed by atoms with van der Waals surface area (Å²) >= 11 is 0.153. The predicted molar refractivity (Wildman–Crippen MR) is 40.9 cm³/mol. The van der Waals surface area contributed by atoms with Gasteiger partial charge in [-0.15, -0.1) is 0 Å². The van der Waals surface area contributed by atoms with Crippen molar-refractivity contribution in [3.05, 3.63) is 27.2 Å². The molecule has 0 aliphatic heterocycles. The van der Waals surface area contributed by atoms with Gasteiger partial charge in [-0.25, -0.2) is 0 Å². The van der Waals surface area contributed by atoms with Crippen LogP contribution in [0.1, 0.15) is 4.57 Å². The molecule has 0 radical (unpaired) electrons. The normalized spacial score (nSPS) is 10.6. The van der Waals surface area contributed by atoms with E-state index in [1.54, 1.807) is 10.7 Å². The van der Waals surface area contributed by atoms with Crippen LogP contribution in [0.25, 0.3) is 4.52 Å². The van der Waals surface area contributed by atoms with Gasteiger partial charge >= 0.3 is 67.7 Å². The second-order valence-electron chi connectivity index (χ2n) is 2.11. The van der Waals surface area contributed by atoms with E-state index < -0.39 is 0 Å². The molecule has 0 saturated heterocycles. The SMILES string of the molecule is Cc1nn2ccc(=O)nc2[se]1. The Labute approximate surface area is 68.3 Å². The number of hydrogen-bond acceptors (Lipinski definition) is 3. The van der Waals surface area contributed by atoms with Gasteiger partial charge in [-0.05, 0) is 0 Å². The van der Waals surface area contributed by atoms with Gasteiger partial charge in [0.2, 0.25) is 0 Å². The molecule has 2 rings (SSSR count). The second-order valence-corrected chi connectivity index (χ2v) is 4.55. The molecule has 0 N–H and O–H groups in total. The molecule has 0 aliphatic rings. The molecule has 0 aliphatic carbocycles. The average Bonchev–Trinajstić information content (AvgIpc) is 2.27. The molecule has 0 atom stereocenters. The molecule has 56 valence electrons. The molecule has 4 nitrogen and oxygen atoms in total. The van der Waals surface area contributed by atoms with Crippen LogP contribution in [0, 0.1) is 6.92 Å². The minimum absolute atomic E-state index is 0.153. The fourth-order valence-electron chi connectivity index (χ4n) is 0.831. The first-order valence-corrected chi connectivity index (χ1v) is 4.80. The molecular weight excluding hydrogens is 209 g/mol. The fraction of sp³-hybridized carbons (Fsp3) is 0.167. The Balaban J connectivity index is 2.92. The van der Waals surface area contributed by atoms with Gasteiger partial charge in [0.25, 0.3) is 0 Å². The van der Waals surface area contributed by atoms with Gasteiger partial charge in [-0.2, -0.15) is 0 Å². The summed E-state index contributed by atoms with van der Waals surface area (Å²) in [6.45, 7) is 1.94. The van der Waals surface area contributed by atoms with E-state index in [2.05, 4.69) is 10.1 Å². The molecule has 0 spiro atoms. The van der Waals surface area contributed by atoms with Crippen molar-refractivity contribution in [2.75, 3.05) is 0 Å². The summed E-state index contributed by atoms with van der Waals surface area (Å²) in [6.07, 6.45) is 1.66. The Morgan fingerprint density at radius 2 is 2.45 bits per heavy atom. The Kier molecular flexibility index (Phi) is 1.41. The average molecular weight is 214 g/mol. The third-order valence-corrected chi connectivity index (χ3v) is 3.01. The van der Waals surface area contributed by atoms with E-state index in [1.165, 1.54) is 6.07 Å². The van der Waals surface area contributed by atoms with Crippen molar-refractivity contribution in [2.45, 2.75) is 6.92 Å². The quantitative estimate of drug-likeness (QED) is 0.553. The summed E-state index contributed by atoms with van der Waals surface area (Å²) in [6, 6.07) is 1.42. The Morgan fingerprint density at radius 3 is 3.27 bits per heavy atom. The number of nitrogens with zero attached hydrogens (tertiary/aromatic N) is 3. The monoisotopic (exact) mass is 215 g/mol. The van der Waals surface area contributed by atoms with E-state index in [4.69, 9.17) is 0 Å². The van der Waals surface area contributed by atoms with Crippen molar-refractivity contribution in [3.8, 4) is 0 Å². The summed E-state index contributed by atoms with van der Waals surface area (Å²) in [5.41, 5.74) is -0.178. The molecule has 0 aromatic carbocycles. The molecule has 0 bridgehead atoms. The standard InChI is InChI=1S/C6H5N3OSe/c1-4-8-9-3-2-5(10)7-6(9)11-4/h2-3H,1H3. The number of aromatic nitrogens is 3. The second kappa shape index (κ2) is 2.29. The summed E-state index contributed by atoms with van der Waals surface area (Å²) in [4.78, 5) is 14.6. The van der Waals surface area contributed by atoms with E-state index in [-0.39, 0.29) is 20.1 Å². The van der Waals surface area contributed by atoms with Gasteiger partial charge < -0.3 is 0 Å². The third-order valence-electron chi connectivity index (χ3n) is 1.25. The number of rotatable bonds is 0. The van der Waals surface area contributed by atoms with Crippen LogP contribution in [-0.2, 0) is 0 Å². The molecule has 2 heterocycles. The van der Waals surface area contributed by atoms with Crippen molar-refractivity contribution >= 4 is 19.0 Å². The van der Waals surface area contributed by atoms with Crippen LogP contribution < -0.4 is 5.56 Å². The Hall–Kier alpha value is -0.931. The first kappa shape index (κ1) is 6.76. The fourth-order valence-corrected chi connectivity index (χ4v) is 2.35. The van der Waals surface area contributed by atoms with E-state index in [9.17, 15) is 4.79 Å². The molecule has 2 aromatic rings. The van der Waals surface area contributed by atoms with Gasteiger partial charge in [0.05, 0.1) is 0 Å². The van der Waals surface area contributed by atoms with E-state index in [1.807, 2.05) is 6.92 Å². The molecular formula is C6H5N3OSe. The maximum absolute atomic E-state index is 10.8. The molecule has 5 heteroatoms. The Morgan fingerprint density at radius 1 is 1.64 bits per heavy atom. The van der Waals surface area contributed by atoms with Crippen molar-refractivity contribution < 1.29 is 0 Å². The third kappa shape index (κ3) is 1.13. The Bertz CT molecular complexity index is 444. The molecule has 0 amide bonds. The molecule has 0 saturated carbocycles. The number of fused-ring (bicyclic) bond motifs is 1. The molecule has 0 unspecified atom stereocenters. The van der Waals surface area contributed by atoms with E-state index >= 15 is 0 Å². The molecule has 2 aromatic heterocycles. The zero-order valence-corrected chi connectivity index (χ0v) is 7.53. The van der Waals surface area contributed by atoms with Crippen LogP contribution in [0.4, 0.5) is 0 Å². The summed E-state index contributed by atoms with van der Waals surface area (Å²) in [5.74, 6) is 0. The van der Waals surface area contributed by atoms with Gasteiger partial charge in [0.1, 0.15) is 0 Å². The van der Waals surface area contributed by atoms with Crippen molar-refractivity contribution in [1.82, 2.24) is 14.6 Å². The van der Waals surface area contributed by atoms with Crippen LogP contribution in [0.15, 0.2) is 17.1 Å². The first-order chi connectivity index (χ1) is 5.25. The van der Waals surface area contributed by atoms with Crippen molar-refractivity contribution in [3.63, 3.8) is 0 Å². The zero-order valence-electron chi connectivity index (χ0n) is 5.81. The van der Waals surface area contributed by atoms with Gasteiger partial charge in [0, 0.05) is 0 Å². The topological polar surface area (TPSA) is 47.3 Å². The van der Waals surface area contributed by atoms with Crippen LogP contribution in [0.2, 0.25) is 0 Å². The zero-order chi connectivity index (χ0) is 7.84. The maximum atomic E-state index is 10.8. The molecule has 11 heavy (non-hydrogen) atoms. The van der Waals surface area contributed by atoms with E-state index in [0.717, 1.165) is 9.09 Å². The van der Waals surface area contributed by atoms with Crippen LogP contribution in [0.5, 0.6) is 0 Å². The van der Waals surface area contributed by atoms with Gasteiger partial charge in [-0.3, -0.25) is 0 Å². The van der Waals surface area contributed by atoms with Crippen LogP contribution in [-0.4, -0.2) is 29.1 Å². The van der Waals surface area contributed by atoms with Crippen molar-refractivity contribution in [1.29, 1.82) is 0 Å². The molecule has 0 fully saturated rings. The predicted octanol–water partition coefficient (Wildman–Crippen LogP) is -0.545. The van der Waals surface area contributed by atoms with Crippen LogP contribution in [0.3, 0.4) is 0 Å².